The zero-order chi connectivity index (χ0) is 20.6. The van der Waals surface area contributed by atoms with Crippen molar-refractivity contribution in [1.82, 2.24) is 14.9 Å². The fourth-order valence-electron chi connectivity index (χ4n) is 5.78. The Bertz CT molecular complexity index is 871. The number of nitrogens with zero attached hydrogens (tertiary/aromatic N) is 4. The van der Waals surface area contributed by atoms with Gasteiger partial charge in [0.25, 0.3) is 0 Å². The largest absolute Gasteiger partial charge is 0.393 e. The van der Waals surface area contributed by atoms with E-state index >= 15 is 0 Å². The molecule has 2 saturated heterocycles. The van der Waals surface area contributed by atoms with Crippen LogP contribution >= 0.6 is 11.6 Å². The Morgan fingerprint density at radius 1 is 1.03 bits per heavy atom. The number of hydrogen-bond donors (Lipinski definition) is 1. The third-order valence-corrected chi connectivity index (χ3v) is 7.71. The molecular formula is C24H31ClN4O. The van der Waals surface area contributed by atoms with Crippen molar-refractivity contribution in [1.29, 1.82) is 0 Å². The van der Waals surface area contributed by atoms with Gasteiger partial charge in [0.2, 0.25) is 0 Å². The van der Waals surface area contributed by atoms with Gasteiger partial charge in [-0.2, -0.15) is 0 Å². The minimum atomic E-state index is -0.0779. The van der Waals surface area contributed by atoms with Crippen LogP contribution in [0.15, 0.2) is 36.8 Å². The van der Waals surface area contributed by atoms with E-state index in [2.05, 4.69) is 14.8 Å². The molecule has 160 valence electrons. The van der Waals surface area contributed by atoms with Gasteiger partial charge >= 0.3 is 0 Å². The van der Waals surface area contributed by atoms with Crippen molar-refractivity contribution in [2.24, 2.45) is 5.41 Å². The molecule has 0 aromatic carbocycles. The molecule has 0 radical (unpaired) electrons. The second-order valence-corrected chi connectivity index (χ2v) is 9.89. The lowest BCUT2D eigenvalue weighted by atomic mass is 9.79. The number of rotatable bonds is 3. The van der Waals surface area contributed by atoms with Gasteiger partial charge in [0.05, 0.1) is 11.1 Å². The number of halogens is 1. The molecule has 1 N–H and O–H groups in total. The summed E-state index contributed by atoms with van der Waals surface area (Å²) in [6.45, 7) is 4.43. The van der Waals surface area contributed by atoms with Gasteiger partial charge in [0.1, 0.15) is 5.82 Å². The highest BCUT2D eigenvalue weighted by Crippen LogP contribution is 2.43. The summed E-state index contributed by atoms with van der Waals surface area (Å²) in [6.07, 6.45) is 13.4. The Hall–Kier alpha value is -1.69. The molecule has 4 heterocycles. The molecule has 0 bridgehead atoms. The second kappa shape index (κ2) is 8.45. The lowest BCUT2D eigenvalue weighted by Crippen LogP contribution is -2.46. The zero-order valence-electron chi connectivity index (χ0n) is 17.5. The number of likely N-dealkylation sites (tertiary alicyclic amines) is 1. The predicted molar refractivity (Wildman–Crippen MR) is 121 cm³/mol. The Morgan fingerprint density at radius 2 is 1.90 bits per heavy atom. The van der Waals surface area contributed by atoms with Crippen molar-refractivity contribution >= 4 is 17.4 Å². The number of aliphatic hydroxyl groups excluding tert-OH is 1. The highest BCUT2D eigenvalue weighted by atomic mass is 35.5. The Kier molecular flexibility index (Phi) is 5.69. The van der Waals surface area contributed by atoms with Crippen LogP contribution in [0.2, 0.25) is 5.02 Å². The Labute approximate surface area is 184 Å². The van der Waals surface area contributed by atoms with E-state index in [1.807, 2.05) is 30.6 Å². The molecule has 6 heteroatoms. The van der Waals surface area contributed by atoms with E-state index in [-0.39, 0.29) is 6.10 Å². The summed E-state index contributed by atoms with van der Waals surface area (Å²) in [5.41, 5.74) is 2.40. The van der Waals surface area contributed by atoms with Crippen LogP contribution in [0.25, 0.3) is 11.1 Å². The maximum atomic E-state index is 9.84. The second-order valence-electron chi connectivity index (χ2n) is 9.48. The van der Waals surface area contributed by atoms with E-state index in [4.69, 9.17) is 16.6 Å². The summed E-state index contributed by atoms with van der Waals surface area (Å²) in [6, 6.07) is 6.65. The number of hydrogen-bond acceptors (Lipinski definition) is 5. The average molecular weight is 427 g/mol. The highest BCUT2D eigenvalue weighted by molar-refractivity contribution is 6.33. The van der Waals surface area contributed by atoms with Crippen LogP contribution < -0.4 is 4.90 Å². The van der Waals surface area contributed by atoms with Crippen molar-refractivity contribution in [3.05, 3.63) is 41.8 Å². The molecule has 30 heavy (non-hydrogen) atoms. The van der Waals surface area contributed by atoms with Crippen LogP contribution in [0.4, 0.5) is 5.82 Å². The Morgan fingerprint density at radius 3 is 2.67 bits per heavy atom. The summed E-state index contributed by atoms with van der Waals surface area (Å²) in [5.74, 6) is 0.919. The summed E-state index contributed by atoms with van der Waals surface area (Å²) < 4.78 is 0. The third kappa shape index (κ3) is 4.08. The average Bonchev–Trinajstić information content (AvgIpc) is 3.17. The molecule has 3 aliphatic rings. The van der Waals surface area contributed by atoms with Crippen molar-refractivity contribution < 1.29 is 5.11 Å². The molecule has 0 amide bonds. The van der Waals surface area contributed by atoms with Gasteiger partial charge in [-0.05, 0) is 63.6 Å². The molecule has 1 atom stereocenters. The van der Waals surface area contributed by atoms with Crippen molar-refractivity contribution in [2.75, 3.05) is 31.1 Å². The van der Waals surface area contributed by atoms with Crippen molar-refractivity contribution in [2.45, 2.75) is 57.1 Å². The van der Waals surface area contributed by atoms with Crippen LogP contribution in [0.1, 0.15) is 44.9 Å². The maximum absolute atomic E-state index is 9.84. The smallest absolute Gasteiger partial charge is 0.147 e. The summed E-state index contributed by atoms with van der Waals surface area (Å²) in [4.78, 5) is 14.1. The topological polar surface area (TPSA) is 52.5 Å². The van der Waals surface area contributed by atoms with E-state index in [0.29, 0.717) is 11.5 Å². The number of aromatic nitrogens is 2. The highest BCUT2D eigenvalue weighted by Gasteiger charge is 2.44. The fourth-order valence-corrected chi connectivity index (χ4v) is 6.07. The van der Waals surface area contributed by atoms with Gasteiger partial charge in [0, 0.05) is 60.8 Å². The van der Waals surface area contributed by atoms with Gasteiger partial charge in [-0.1, -0.05) is 17.7 Å². The SMILES string of the molecule is O[C@H]1CC[C@H](N2CC[C@]3(CCCN(c4ncc(-c5cccnc5)cc4Cl)C3)C2)CC1. The molecule has 1 spiro atoms. The van der Waals surface area contributed by atoms with Gasteiger partial charge in [-0.3, -0.25) is 9.88 Å². The molecule has 1 saturated carbocycles. The van der Waals surface area contributed by atoms with Gasteiger partial charge < -0.3 is 10.0 Å². The summed E-state index contributed by atoms with van der Waals surface area (Å²) >= 11 is 6.71. The third-order valence-electron chi connectivity index (χ3n) is 7.43. The molecule has 2 aliphatic heterocycles. The van der Waals surface area contributed by atoms with Gasteiger partial charge in [0.15, 0.2) is 0 Å². The first-order valence-corrected chi connectivity index (χ1v) is 11.7. The van der Waals surface area contributed by atoms with E-state index in [0.717, 1.165) is 60.7 Å². The molecule has 2 aromatic rings. The van der Waals surface area contributed by atoms with Crippen LogP contribution in [0, 0.1) is 5.41 Å². The lowest BCUT2D eigenvalue weighted by molar-refractivity contribution is 0.0770. The van der Waals surface area contributed by atoms with Gasteiger partial charge in [-0.15, -0.1) is 0 Å². The molecule has 2 aromatic heterocycles. The number of anilines is 1. The monoisotopic (exact) mass is 426 g/mol. The molecule has 3 fully saturated rings. The minimum absolute atomic E-state index is 0.0779. The first-order chi connectivity index (χ1) is 14.6. The van der Waals surface area contributed by atoms with Crippen LogP contribution in [-0.4, -0.2) is 58.3 Å². The van der Waals surface area contributed by atoms with Crippen LogP contribution in [0.5, 0.6) is 0 Å². The molecule has 5 rings (SSSR count). The zero-order valence-corrected chi connectivity index (χ0v) is 18.3. The number of aliphatic hydroxyl groups is 1. The quantitative estimate of drug-likeness (QED) is 0.788. The fraction of sp³-hybridized carbons (Fsp3) is 0.583. The Balaban J connectivity index is 1.29. The van der Waals surface area contributed by atoms with E-state index in [1.165, 1.54) is 32.4 Å². The number of pyridine rings is 2. The first-order valence-electron chi connectivity index (χ1n) is 11.3. The van der Waals surface area contributed by atoms with Crippen LogP contribution in [-0.2, 0) is 0 Å². The summed E-state index contributed by atoms with van der Waals surface area (Å²) in [7, 11) is 0. The standard InChI is InChI=1S/C24H31ClN4O/c25-22-13-19(18-3-1-10-26-14-18)15-27-23(22)29-11-2-8-24(17-29)9-12-28(16-24)20-4-6-21(30)7-5-20/h1,3,10,13-15,20-21,30H,2,4-9,11-12,16-17H2/t20-,21-,24-/m1/s1. The van der Waals surface area contributed by atoms with E-state index in [9.17, 15) is 5.11 Å². The summed E-state index contributed by atoms with van der Waals surface area (Å²) in [5, 5.41) is 10.6. The molecule has 0 unspecified atom stereocenters. The molecular weight excluding hydrogens is 396 g/mol. The van der Waals surface area contributed by atoms with Crippen LogP contribution in [0.3, 0.4) is 0 Å². The van der Waals surface area contributed by atoms with E-state index in [1.54, 1.807) is 6.20 Å². The molecule has 5 nitrogen and oxygen atoms in total. The van der Waals surface area contributed by atoms with E-state index < -0.39 is 0 Å². The predicted octanol–water partition coefficient (Wildman–Crippen LogP) is 4.39. The number of piperidine rings is 1. The maximum Gasteiger partial charge on any atom is 0.147 e. The lowest BCUT2D eigenvalue weighted by Gasteiger charge is -2.42. The first kappa shape index (κ1) is 20.2. The normalized spacial score (nSPS) is 30.1. The van der Waals surface area contributed by atoms with Crippen molar-refractivity contribution in [3.63, 3.8) is 0 Å². The minimum Gasteiger partial charge on any atom is -0.393 e. The van der Waals surface area contributed by atoms with Gasteiger partial charge in [-0.25, -0.2) is 4.98 Å². The molecule has 1 aliphatic carbocycles. The van der Waals surface area contributed by atoms with Crippen molar-refractivity contribution in [3.8, 4) is 11.1 Å².